The van der Waals surface area contributed by atoms with E-state index in [1.807, 2.05) is 56.3 Å². The third-order valence-corrected chi connectivity index (χ3v) is 6.36. The summed E-state index contributed by atoms with van der Waals surface area (Å²) < 4.78 is 0. The minimum Gasteiger partial charge on any atom is -0.338 e. The summed E-state index contributed by atoms with van der Waals surface area (Å²) >= 11 is 0. The van der Waals surface area contributed by atoms with Gasteiger partial charge < -0.3 is 9.88 Å². The molecule has 0 fully saturated rings. The van der Waals surface area contributed by atoms with Gasteiger partial charge in [0.15, 0.2) is 0 Å². The first kappa shape index (κ1) is 21.2. The van der Waals surface area contributed by atoms with Gasteiger partial charge in [0.05, 0.1) is 16.5 Å². The lowest BCUT2D eigenvalue weighted by atomic mass is 9.76. The van der Waals surface area contributed by atoms with Gasteiger partial charge in [-0.1, -0.05) is 50.2 Å². The Morgan fingerprint density at radius 1 is 1.03 bits per heavy atom. The molecule has 1 aliphatic heterocycles. The summed E-state index contributed by atoms with van der Waals surface area (Å²) in [5.74, 6) is 0.345. The molecule has 0 radical (unpaired) electrons. The second-order valence-corrected chi connectivity index (χ2v) is 8.60. The van der Waals surface area contributed by atoms with Gasteiger partial charge in [-0.15, -0.1) is 0 Å². The molecule has 2 aromatic carbocycles. The molecule has 0 spiro atoms. The quantitative estimate of drug-likeness (QED) is 0.583. The van der Waals surface area contributed by atoms with E-state index >= 15 is 0 Å². The van der Waals surface area contributed by atoms with Gasteiger partial charge in [-0.3, -0.25) is 14.5 Å². The fourth-order valence-corrected chi connectivity index (χ4v) is 4.42. The molecule has 0 bridgehead atoms. The van der Waals surface area contributed by atoms with Crippen molar-refractivity contribution < 1.29 is 9.59 Å². The Morgan fingerprint density at radius 2 is 1.74 bits per heavy atom. The average molecular weight is 419 g/mol. The Balaban J connectivity index is 1.74. The lowest BCUT2D eigenvalue weighted by Gasteiger charge is -2.37. The molecule has 0 aliphatic carbocycles. The fourth-order valence-electron chi connectivity index (χ4n) is 4.42. The van der Waals surface area contributed by atoms with Crippen LogP contribution in [0.5, 0.6) is 0 Å². The van der Waals surface area contributed by atoms with Crippen LogP contribution in [0.1, 0.15) is 50.0 Å². The normalized spacial score (nSPS) is 15.7. The third kappa shape index (κ3) is 3.65. The van der Waals surface area contributed by atoms with Crippen LogP contribution in [0.2, 0.25) is 0 Å². The maximum absolute atomic E-state index is 13.5. The highest BCUT2D eigenvalue weighted by Gasteiger charge is 2.45. The van der Waals surface area contributed by atoms with Crippen molar-refractivity contribution in [3.8, 4) is 11.4 Å². The van der Waals surface area contributed by atoms with Crippen molar-refractivity contribution in [3.63, 3.8) is 0 Å². The van der Waals surface area contributed by atoms with Gasteiger partial charge in [0, 0.05) is 12.1 Å². The van der Waals surface area contributed by atoms with Crippen molar-refractivity contribution in [2.24, 2.45) is 0 Å². The number of carbonyl (C=O) groups excluding carboxylic acids is 2. The number of aromatic amines is 1. The molecule has 6 heteroatoms. The summed E-state index contributed by atoms with van der Waals surface area (Å²) in [6, 6.07) is 13.7. The van der Waals surface area contributed by atoms with Crippen LogP contribution < -0.4 is 0 Å². The van der Waals surface area contributed by atoms with Crippen LogP contribution in [-0.4, -0.2) is 57.8 Å². The zero-order valence-corrected chi connectivity index (χ0v) is 18.7. The Labute approximate surface area is 183 Å². The van der Waals surface area contributed by atoms with E-state index in [1.165, 1.54) is 4.90 Å². The second kappa shape index (κ2) is 8.27. The molecule has 0 saturated carbocycles. The molecule has 162 valence electrons. The number of fused-ring (bicyclic) bond motifs is 3. The van der Waals surface area contributed by atoms with Gasteiger partial charge >= 0.3 is 0 Å². The summed E-state index contributed by atoms with van der Waals surface area (Å²) in [5, 5.41) is 0. The van der Waals surface area contributed by atoms with Crippen LogP contribution in [0.15, 0.2) is 42.5 Å². The number of imidazole rings is 1. The molecule has 0 atom stereocenters. The lowest BCUT2D eigenvalue weighted by Crippen LogP contribution is -2.52. The molecule has 2 heterocycles. The van der Waals surface area contributed by atoms with Crippen LogP contribution in [0.25, 0.3) is 22.4 Å². The maximum Gasteiger partial charge on any atom is 0.263 e. The van der Waals surface area contributed by atoms with Crippen molar-refractivity contribution in [3.05, 3.63) is 53.6 Å². The zero-order valence-electron chi connectivity index (χ0n) is 18.7. The van der Waals surface area contributed by atoms with Crippen LogP contribution in [0, 0.1) is 0 Å². The SMILES string of the molecule is CCN(CC)CCCN1C(=O)c2c(ccc3[nH]c(-c4ccccc4)nc23)C(C)(C)C1=O. The number of nitrogens with one attached hydrogen (secondary N) is 1. The van der Waals surface area contributed by atoms with Crippen LogP contribution in [-0.2, 0) is 10.2 Å². The molecule has 1 aliphatic rings. The van der Waals surface area contributed by atoms with Gasteiger partial charge in [-0.05, 0) is 51.5 Å². The predicted molar refractivity (Wildman–Crippen MR) is 123 cm³/mol. The first-order valence-electron chi connectivity index (χ1n) is 11.1. The first-order chi connectivity index (χ1) is 14.9. The molecule has 1 N–H and O–H groups in total. The van der Waals surface area contributed by atoms with E-state index in [9.17, 15) is 9.59 Å². The minimum absolute atomic E-state index is 0.136. The van der Waals surface area contributed by atoms with E-state index in [4.69, 9.17) is 4.98 Å². The van der Waals surface area contributed by atoms with Gasteiger partial charge in [0.1, 0.15) is 11.3 Å². The number of carbonyl (C=O) groups is 2. The van der Waals surface area contributed by atoms with Crippen molar-refractivity contribution in [2.75, 3.05) is 26.2 Å². The number of nitrogens with zero attached hydrogens (tertiary/aromatic N) is 3. The third-order valence-electron chi connectivity index (χ3n) is 6.36. The van der Waals surface area contributed by atoms with E-state index in [2.05, 4.69) is 23.7 Å². The van der Waals surface area contributed by atoms with Crippen molar-refractivity contribution in [1.82, 2.24) is 19.8 Å². The molecule has 0 unspecified atom stereocenters. The highest BCUT2D eigenvalue weighted by Crippen LogP contribution is 2.38. The number of benzene rings is 2. The smallest absolute Gasteiger partial charge is 0.263 e. The Hall–Kier alpha value is -2.99. The summed E-state index contributed by atoms with van der Waals surface area (Å²) in [6.45, 7) is 11.2. The Kier molecular flexibility index (Phi) is 5.67. The monoisotopic (exact) mass is 418 g/mol. The van der Waals surface area contributed by atoms with E-state index in [-0.39, 0.29) is 11.8 Å². The van der Waals surface area contributed by atoms with Crippen molar-refractivity contribution >= 4 is 22.8 Å². The summed E-state index contributed by atoms with van der Waals surface area (Å²) in [4.78, 5) is 38.6. The highest BCUT2D eigenvalue weighted by atomic mass is 16.2. The average Bonchev–Trinajstić information content (AvgIpc) is 3.22. The summed E-state index contributed by atoms with van der Waals surface area (Å²) in [5.41, 5.74) is 2.92. The minimum atomic E-state index is -0.779. The molecule has 4 rings (SSSR count). The number of aromatic nitrogens is 2. The van der Waals surface area contributed by atoms with Crippen LogP contribution >= 0.6 is 0 Å². The first-order valence-corrected chi connectivity index (χ1v) is 11.1. The standard InChI is InChI=1S/C25H30N4O2/c1-5-28(6-2)15-10-16-29-23(30)20-18(25(3,4)24(29)31)13-14-19-21(20)27-22(26-19)17-11-8-7-9-12-17/h7-9,11-14H,5-6,10,15-16H2,1-4H3,(H,26,27). The second-order valence-electron chi connectivity index (χ2n) is 8.60. The van der Waals surface area contributed by atoms with Gasteiger partial charge in [0.2, 0.25) is 5.91 Å². The molecule has 1 aromatic heterocycles. The summed E-state index contributed by atoms with van der Waals surface area (Å²) in [6.07, 6.45) is 0.760. The molecule has 6 nitrogen and oxygen atoms in total. The number of hydrogen-bond acceptors (Lipinski definition) is 4. The van der Waals surface area contributed by atoms with E-state index in [1.54, 1.807) is 0 Å². The lowest BCUT2D eigenvalue weighted by molar-refractivity contribution is -0.134. The van der Waals surface area contributed by atoms with E-state index < -0.39 is 5.41 Å². The topological polar surface area (TPSA) is 69.3 Å². The van der Waals surface area contributed by atoms with Gasteiger partial charge in [-0.25, -0.2) is 4.98 Å². The van der Waals surface area contributed by atoms with Gasteiger partial charge in [0.25, 0.3) is 5.91 Å². The molecule has 31 heavy (non-hydrogen) atoms. The number of rotatable bonds is 7. The van der Waals surface area contributed by atoms with E-state index in [0.717, 1.165) is 48.5 Å². The molecule has 0 saturated heterocycles. The summed E-state index contributed by atoms with van der Waals surface area (Å²) in [7, 11) is 0. The predicted octanol–water partition coefficient (Wildman–Crippen LogP) is 4.22. The highest BCUT2D eigenvalue weighted by molar-refractivity contribution is 6.18. The zero-order chi connectivity index (χ0) is 22.2. The number of amides is 2. The molecule has 2 amide bonds. The number of imide groups is 1. The fraction of sp³-hybridized carbons (Fsp3) is 0.400. The molecular formula is C25H30N4O2. The van der Waals surface area contributed by atoms with Crippen LogP contribution in [0.3, 0.4) is 0 Å². The molecular weight excluding hydrogens is 388 g/mol. The van der Waals surface area contributed by atoms with Gasteiger partial charge in [-0.2, -0.15) is 0 Å². The van der Waals surface area contributed by atoms with Crippen LogP contribution in [0.4, 0.5) is 0 Å². The van der Waals surface area contributed by atoms with Crippen molar-refractivity contribution in [1.29, 1.82) is 0 Å². The Morgan fingerprint density at radius 3 is 2.42 bits per heavy atom. The number of hydrogen-bond donors (Lipinski definition) is 1. The van der Waals surface area contributed by atoms with Crippen molar-refractivity contribution in [2.45, 2.75) is 39.5 Å². The maximum atomic E-state index is 13.5. The largest absolute Gasteiger partial charge is 0.338 e. The van der Waals surface area contributed by atoms with E-state index in [0.29, 0.717) is 17.6 Å². The molecule has 3 aromatic rings. The number of H-pyrrole nitrogens is 1. The Bertz CT molecular complexity index is 1110.